The van der Waals surface area contributed by atoms with Gasteiger partial charge in [0.1, 0.15) is 5.54 Å². The van der Waals surface area contributed by atoms with Crippen LogP contribution in [0.4, 0.5) is 0 Å². The average Bonchev–Trinajstić information content (AvgIpc) is 2.11. The summed E-state index contributed by atoms with van der Waals surface area (Å²) in [4.78, 5) is 0. The Morgan fingerprint density at radius 1 is 1.43 bits per heavy atom. The third kappa shape index (κ3) is 5.95. The van der Waals surface area contributed by atoms with Crippen LogP contribution in [-0.2, 0) is 4.74 Å². The van der Waals surface area contributed by atoms with E-state index in [1.54, 1.807) is 7.11 Å². The highest BCUT2D eigenvalue weighted by Crippen LogP contribution is 2.13. The molecule has 0 aromatic rings. The lowest BCUT2D eigenvalue weighted by atomic mass is 9.96. The zero-order valence-electron chi connectivity index (χ0n) is 9.76. The molecule has 0 heterocycles. The second-order valence-corrected chi connectivity index (χ2v) is 4.19. The summed E-state index contributed by atoms with van der Waals surface area (Å²) in [6.45, 7) is 6.86. The molecule has 0 aliphatic rings. The van der Waals surface area contributed by atoms with Crippen LogP contribution in [0.2, 0.25) is 0 Å². The first-order chi connectivity index (χ1) is 6.54. The molecule has 0 fully saturated rings. The van der Waals surface area contributed by atoms with E-state index < -0.39 is 0 Å². The van der Waals surface area contributed by atoms with Crippen LogP contribution in [0.15, 0.2) is 0 Å². The third-order valence-electron chi connectivity index (χ3n) is 2.13. The van der Waals surface area contributed by atoms with Gasteiger partial charge >= 0.3 is 0 Å². The summed E-state index contributed by atoms with van der Waals surface area (Å²) in [5, 5.41) is 12.3. The highest BCUT2D eigenvalue weighted by Gasteiger charge is 2.23. The maximum atomic E-state index is 9.05. The highest BCUT2D eigenvalue weighted by atomic mass is 16.5. The number of hydrogen-bond acceptors (Lipinski definition) is 3. The highest BCUT2D eigenvalue weighted by molar-refractivity contribution is 5.04. The average molecular weight is 198 g/mol. The van der Waals surface area contributed by atoms with Gasteiger partial charge in [-0.15, -0.1) is 0 Å². The van der Waals surface area contributed by atoms with Crippen molar-refractivity contribution in [1.82, 2.24) is 5.32 Å². The fourth-order valence-corrected chi connectivity index (χ4v) is 1.52. The predicted octanol–water partition coefficient (Wildman–Crippen LogP) is 2.08. The molecule has 3 nitrogen and oxygen atoms in total. The van der Waals surface area contributed by atoms with E-state index >= 15 is 0 Å². The summed E-state index contributed by atoms with van der Waals surface area (Å²) in [5.41, 5.74) is -0.387. The molecule has 1 unspecified atom stereocenters. The summed E-state index contributed by atoms with van der Waals surface area (Å²) in [6, 6.07) is 2.68. The summed E-state index contributed by atoms with van der Waals surface area (Å²) in [7, 11) is 1.70. The van der Waals surface area contributed by atoms with Gasteiger partial charge in [-0.2, -0.15) is 5.26 Å². The van der Waals surface area contributed by atoms with E-state index in [1.165, 1.54) is 0 Å². The van der Waals surface area contributed by atoms with Gasteiger partial charge in [-0.25, -0.2) is 0 Å². The molecule has 1 atom stereocenters. The lowest BCUT2D eigenvalue weighted by Gasteiger charge is -2.25. The molecule has 0 spiro atoms. The van der Waals surface area contributed by atoms with Crippen molar-refractivity contribution in [3.8, 4) is 6.07 Å². The number of nitrogens with one attached hydrogen (secondary N) is 1. The monoisotopic (exact) mass is 198 g/mol. The van der Waals surface area contributed by atoms with Crippen LogP contribution >= 0.6 is 0 Å². The second-order valence-electron chi connectivity index (χ2n) is 4.19. The Morgan fingerprint density at radius 3 is 2.50 bits per heavy atom. The molecule has 0 aromatic heterocycles. The second kappa shape index (κ2) is 6.80. The van der Waals surface area contributed by atoms with E-state index in [9.17, 15) is 0 Å². The van der Waals surface area contributed by atoms with Crippen molar-refractivity contribution in [2.45, 2.75) is 51.6 Å². The van der Waals surface area contributed by atoms with Gasteiger partial charge in [0.2, 0.25) is 0 Å². The van der Waals surface area contributed by atoms with Crippen molar-refractivity contribution >= 4 is 0 Å². The van der Waals surface area contributed by atoms with Gasteiger partial charge < -0.3 is 4.74 Å². The van der Waals surface area contributed by atoms with Crippen LogP contribution in [0.3, 0.4) is 0 Å². The zero-order valence-corrected chi connectivity index (χ0v) is 9.76. The van der Waals surface area contributed by atoms with Crippen molar-refractivity contribution in [3.63, 3.8) is 0 Å². The van der Waals surface area contributed by atoms with Crippen LogP contribution < -0.4 is 5.32 Å². The molecule has 0 saturated heterocycles. The normalized spacial score (nSPS) is 15.1. The van der Waals surface area contributed by atoms with E-state index in [2.05, 4.69) is 25.2 Å². The van der Waals surface area contributed by atoms with E-state index in [-0.39, 0.29) is 5.54 Å². The van der Waals surface area contributed by atoms with E-state index in [0.717, 1.165) is 25.9 Å². The summed E-state index contributed by atoms with van der Waals surface area (Å²) >= 11 is 0. The molecule has 0 saturated carbocycles. The standard InChI is InChI=1S/C11H22N2O/c1-10(2)13-11(3,9-12)7-5-6-8-14-4/h10,13H,5-8H2,1-4H3. The summed E-state index contributed by atoms with van der Waals surface area (Å²) < 4.78 is 4.97. The Labute approximate surface area is 87.4 Å². The maximum Gasteiger partial charge on any atom is 0.104 e. The maximum absolute atomic E-state index is 9.05. The molecule has 0 aliphatic carbocycles. The van der Waals surface area contributed by atoms with Gasteiger partial charge in [0, 0.05) is 19.8 Å². The Morgan fingerprint density at radius 2 is 2.07 bits per heavy atom. The van der Waals surface area contributed by atoms with E-state index in [4.69, 9.17) is 10.00 Å². The minimum atomic E-state index is -0.387. The smallest absolute Gasteiger partial charge is 0.104 e. The zero-order chi connectivity index (χ0) is 11.0. The topological polar surface area (TPSA) is 45.0 Å². The van der Waals surface area contributed by atoms with Crippen LogP contribution in [0.1, 0.15) is 40.0 Å². The van der Waals surface area contributed by atoms with Gasteiger partial charge in [0.25, 0.3) is 0 Å². The molecule has 82 valence electrons. The van der Waals surface area contributed by atoms with Gasteiger partial charge in [0.05, 0.1) is 6.07 Å². The molecular weight excluding hydrogens is 176 g/mol. The van der Waals surface area contributed by atoms with Gasteiger partial charge in [0.15, 0.2) is 0 Å². The minimum absolute atomic E-state index is 0.349. The number of methoxy groups -OCH3 is 1. The van der Waals surface area contributed by atoms with Crippen molar-refractivity contribution in [2.75, 3.05) is 13.7 Å². The Hall–Kier alpha value is -0.590. The van der Waals surface area contributed by atoms with E-state index in [1.807, 2.05) is 6.92 Å². The predicted molar refractivity (Wildman–Crippen MR) is 58.0 cm³/mol. The molecule has 14 heavy (non-hydrogen) atoms. The van der Waals surface area contributed by atoms with Crippen LogP contribution in [0.25, 0.3) is 0 Å². The van der Waals surface area contributed by atoms with Crippen molar-refractivity contribution in [2.24, 2.45) is 0 Å². The number of rotatable bonds is 7. The molecule has 1 N–H and O–H groups in total. The van der Waals surface area contributed by atoms with Gasteiger partial charge in [-0.05, 0) is 40.0 Å². The molecule has 0 radical (unpaired) electrons. The first kappa shape index (κ1) is 13.4. The number of ether oxygens (including phenoxy) is 1. The molecule has 0 amide bonds. The fourth-order valence-electron chi connectivity index (χ4n) is 1.52. The number of unbranched alkanes of at least 4 members (excludes halogenated alkanes) is 1. The molecule has 0 rings (SSSR count). The molecular formula is C11H22N2O. The summed E-state index contributed by atoms with van der Waals surface area (Å²) in [5.74, 6) is 0. The van der Waals surface area contributed by atoms with Crippen LogP contribution in [0, 0.1) is 11.3 Å². The van der Waals surface area contributed by atoms with Crippen molar-refractivity contribution < 1.29 is 4.74 Å². The van der Waals surface area contributed by atoms with Gasteiger partial charge in [-0.1, -0.05) is 0 Å². The largest absolute Gasteiger partial charge is 0.385 e. The Balaban J connectivity index is 3.83. The van der Waals surface area contributed by atoms with Crippen LogP contribution in [-0.4, -0.2) is 25.3 Å². The van der Waals surface area contributed by atoms with E-state index in [0.29, 0.717) is 6.04 Å². The Kier molecular flexibility index (Phi) is 6.52. The van der Waals surface area contributed by atoms with Crippen LogP contribution in [0.5, 0.6) is 0 Å². The number of nitrogens with zero attached hydrogens (tertiary/aromatic N) is 1. The Bertz CT molecular complexity index is 186. The lowest BCUT2D eigenvalue weighted by Crippen LogP contribution is -2.44. The SMILES string of the molecule is COCCCCC(C)(C#N)NC(C)C. The van der Waals surface area contributed by atoms with Crippen molar-refractivity contribution in [1.29, 1.82) is 5.26 Å². The molecule has 0 bridgehead atoms. The van der Waals surface area contributed by atoms with Crippen molar-refractivity contribution in [3.05, 3.63) is 0 Å². The molecule has 3 heteroatoms. The molecule has 0 aromatic carbocycles. The molecule has 0 aliphatic heterocycles. The third-order valence-corrected chi connectivity index (χ3v) is 2.13. The fraction of sp³-hybridized carbons (Fsp3) is 0.909. The number of hydrogen-bond donors (Lipinski definition) is 1. The lowest BCUT2D eigenvalue weighted by molar-refractivity contribution is 0.189. The minimum Gasteiger partial charge on any atom is -0.385 e. The summed E-state index contributed by atoms with van der Waals surface area (Å²) in [6.07, 6.45) is 2.93. The van der Waals surface area contributed by atoms with Gasteiger partial charge in [-0.3, -0.25) is 5.32 Å². The first-order valence-electron chi connectivity index (χ1n) is 5.22. The first-order valence-corrected chi connectivity index (χ1v) is 5.22. The number of nitriles is 1. The quantitative estimate of drug-likeness (QED) is 0.637.